The molecule has 0 radical (unpaired) electrons. The first-order valence-electron chi connectivity index (χ1n) is 4.89. The van der Waals surface area contributed by atoms with Gasteiger partial charge in [0.05, 0.1) is 0 Å². The molecule has 0 saturated heterocycles. The Morgan fingerprint density at radius 2 is 2.19 bits per heavy atom. The number of imidazole rings is 1. The number of benzene rings is 1. The lowest BCUT2D eigenvalue weighted by atomic mass is 10.3. The van der Waals surface area contributed by atoms with Gasteiger partial charge in [0.1, 0.15) is 12.4 Å². The Balaban J connectivity index is 1.99. The maximum atomic E-state index is 13.2. The minimum Gasteiger partial charge on any atom is -0.483 e. The lowest BCUT2D eigenvalue weighted by Gasteiger charge is -2.04. The molecule has 0 saturated carbocycles. The number of ether oxygens (including phenoxy) is 1. The van der Waals surface area contributed by atoms with Crippen LogP contribution in [0.3, 0.4) is 0 Å². The van der Waals surface area contributed by atoms with E-state index in [2.05, 4.69) is 9.97 Å². The summed E-state index contributed by atoms with van der Waals surface area (Å²) in [5.41, 5.74) is 6.25. The number of aromatic amines is 1. The third-order valence-corrected chi connectivity index (χ3v) is 2.10. The van der Waals surface area contributed by atoms with Crippen molar-refractivity contribution in [3.63, 3.8) is 0 Å². The van der Waals surface area contributed by atoms with Crippen LogP contribution >= 0.6 is 0 Å². The van der Waals surface area contributed by atoms with Crippen molar-refractivity contribution >= 4 is 0 Å². The van der Waals surface area contributed by atoms with Gasteiger partial charge in [-0.3, -0.25) is 0 Å². The summed E-state index contributed by atoms with van der Waals surface area (Å²) in [5, 5.41) is 0. The van der Waals surface area contributed by atoms with Crippen LogP contribution in [0.1, 0.15) is 11.5 Å². The van der Waals surface area contributed by atoms with E-state index in [-0.39, 0.29) is 18.2 Å². The first-order valence-corrected chi connectivity index (χ1v) is 4.89. The molecular formula is C11H12FN3O. The zero-order chi connectivity index (χ0) is 11.4. The zero-order valence-electron chi connectivity index (χ0n) is 8.61. The molecule has 0 aliphatic rings. The Morgan fingerprint density at radius 3 is 2.88 bits per heavy atom. The monoisotopic (exact) mass is 221 g/mol. The largest absolute Gasteiger partial charge is 0.483 e. The van der Waals surface area contributed by atoms with Crippen LogP contribution < -0.4 is 10.5 Å². The molecule has 0 fully saturated rings. The van der Waals surface area contributed by atoms with Crippen LogP contribution in [0.5, 0.6) is 5.75 Å². The molecule has 0 spiro atoms. The average molecular weight is 221 g/mol. The highest BCUT2D eigenvalue weighted by atomic mass is 19.1. The van der Waals surface area contributed by atoms with Crippen molar-refractivity contribution < 1.29 is 9.13 Å². The summed E-state index contributed by atoms with van der Waals surface area (Å²) < 4.78 is 18.5. The van der Waals surface area contributed by atoms with Crippen LogP contribution in [0, 0.1) is 5.82 Å². The minimum atomic E-state index is -0.381. The number of hydrogen-bond donors (Lipinski definition) is 2. The number of halogens is 1. The van der Waals surface area contributed by atoms with Crippen LogP contribution in [-0.2, 0) is 13.2 Å². The summed E-state index contributed by atoms with van der Waals surface area (Å²) in [6.45, 7) is 0.591. The van der Waals surface area contributed by atoms with E-state index in [1.807, 2.05) is 0 Å². The maximum Gasteiger partial charge on any atom is 0.165 e. The number of aromatic nitrogens is 2. The molecule has 0 atom stereocenters. The molecule has 0 bridgehead atoms. The molecule has 1 heterocycles. The van der Waals surface area contributed by atoms with Gasteiger partial charge >= 0.3 is 0 Å². The number of nitrogens with zero attached hydrogens (tertiary/aromatic N) is 1. The highest BCUT2D eigenvalue weighted by Gasteiger charge is 2.04. The van der Waals surface area contributed by atoms with Crippen molar-refractivity contribution in [3.8, 4) is 5.75 Å². The molecule has 0 aliphatic carbocycles. The summed E-state index contributed by atoms with van der Waals surface area (Å²) in [6, 6.07) is 6.25. The lowest BCUT2D eigenvalue weighted by molar-refractivity contribution is 0.282. The number of para-hydroxylation sites is 1. The summed E-state index contributed by atoms with van der Waals surface area (Å²) in [6.07, 6.45) is 1.64. The minimum absolute atomic E-state index is 0.195. The van der Waals surface area contributed by atoms with Crippen molar-refractivity contribution in [2.24, 2.45) is 5.73 Å². The van der Waals surface area contributed by atoms with Gasteiger partial charge in [-0.05, 0) is 12.1 Å². The second-order valence-corrected chi connectivity index (χ2v) is 3.28. The van der Waals surface area contributed by atoms with E-state index in [0.717, 1.165) is 5.69 Å². The maximum absolute atomic E-state index is 13.2. The highest BCUT2D eigenvalue weighted by molar-refractivity contribution is 5.23. The second-order valence-electron chi connectivity index (χ2n) is 3.28. The summed E-state index contributed by atoms with van der Waals surface area (Å²) in [7, 11) is 0. The molecule has 1 aromatic carbocycles. The van der Waals surface area contributed by atoms with Crippen molar-refractivity contribution in [2.45, 2.75) is 13.2 Å². The number of nitrogens with one attached hydrogen (secondary N) is 1. The SMILES string of the molecule is NCc1cnc(COc2ccccc2F)[nH]1. The first kappa shape index (κ1) is 10.6. The zero-order valence-corrected chi connectivity index (χ0v) is 8.61. The van der Waals surface area contributed by atoms with Gasteiger partial charge < -0.3 is 15.5 Å². The van der Waals surface area contributed by atoms with Crippen LogP contribution in [0.25, 0.3) is 0 Å². The molecule has 2 rings (SSSR count). The second kappa shape index (κ2) is 4.76. The van der Waals surface area contributed by atoms with Crippen molar-refractivity contribution in [2.75, 3.05) is 0 Å². The summed E-state index contributed by atoms with van der Waals surface area (Å²) in [5.74, 6) is 0.463. The fourth-order valence-corrected chi connectivity index (χ4v) is 1.29. The highest BCUT2D eigenvalue weighted by Crippen LogP contribution is 2.16. The quantitative estimate of drug-likeness (QED) is 0.824. The Bertz CT molecular complexity index is 470. The molecule has 0 amide bonds. The molecule has 1 aromatic heterocycles. The number of H-pyrrole nitrogens is 1. The summed E-state index contributed by atoms with van der Waals surface area (Å²) >= 11 is 0. The van der Waals surface area contributed by atoms with Crippen LogP contribution in [0.2, 0.25) is 0 Å². The van der Waals surface area contributed by atoms with Gasteiger partial charge in [-0.25, -0.2) is 9.37 Å². The van der Waals surface area contributed by atoms with Gasteiger partial charge in [0.25, 0.3) is 0 Å². The summed E-state index contributed by atoms with van der Waals surface area (Å²) in [4.78, 5) is 7.02. The molecule has 0 unspecified atom stereocenters. The molecule has 3 N–H and O–H groups in total. The molecule has 84 valence electrons. The number of rotatable bonds is 4. The van der Waals surface area contributed by atoms with Crippen molar-refractivity contribution in [1.82, 2.24) is 9.97 Å². The van der Waals surface area contributed by atoms with E-state index in [1.54, 1.807) is 24.4 Å². The normalized spacial score (nSPS) is 10.4. The third kappa shape index (κ3) is 2.38. The molecule has 16 heavy (non-hydrogen) atoms. The van der Waals surface area contributed by atoms with Gasteiger partial charge in [-0.15, -0.1) is 0 Å². The number of nitrogens with two attached hydrogens (primary N) is 1. The van der Waals surface area contributed by atoms with Gasteiger partial charge in [-0.1, -0.05) is 12.1 Å². The molecule has 4 nitrogen and oxygen atoms in total. The Morgan fingerprint density at radius 1 is 1.38 bits per heavy atom. The third-order valence-electron chi connectivity index (χ3n) is 2.10. The predicted molar refractivity (Wildman–Crippen MR) is 57.2 cm³/mol. The first-order chi connectivity index (χ1) is 7.79. The topological polar surface area (TPSA) is 63.9 Å². The smallest absolute Gasteiger partial charge is 0.165 e. The molecular weight excluding hydrogens is 209 g/mol. The Labute approximate surface area is 92.3 Å². The van der Waals surface area contributed by atoms with Crippen molar-refractivity contribution in [3.05, 3.63) is 47.8 Å². The molecule has 0 aliphatic heterocycles. The van der Waals surface area contributed by atoms with E-state index in [0.29, 0.717) is 12.4 Å². The van der Waals surface area contributed by atoms with E-state index >= 15 is 0 Å². The van der Waals surface area contributed by atoms with Gasteiger partial charge in [0.15, 0.2) is 11.6 Å². The Kier molecular flexibility index (Phi) is 3.16. The van der Waals surface area contributed by atoms with Crippen LogP contribution in [0.4, 0.5) is 4.39 Å². The van der Waals surface area contributed by atoms with Crippen LogP contribution in [0.15, 0.2) is 30.5 Å². The fourth-order valence-electron chi connectivity index (χ4n) is 1.29. The lowest BCUT2D eigenvalue weighted by Crippen LogP contribution is -2.00. The number of hydrogen-bond acceptors (Lipinski definition) is 3. The molecule has 5 heteroatoms. The Hall–Kier alpha value is -1.88. The fraction of sp³-hybridized carbons (Fsp3) is 0.182. The van der Waals surface area contributed by atoms with Crippen molar-refractivity contribution in [1.29, 1.82) is 0 Å². The van der Waals surface area contributed by atoms with E-state index in [9.17, 15) is 4.39 Å². The van der Waals surface area contributed by atoms with Gasteiger partial charge in [-0.2, -0.15) is 0 Å². The van der Waals surface area contributed by atoms with Crippen LogP contribution in [-0.4, -0.2) is 9.97 Å². The van der Waals surface area contributed by atoms with Gasteiger partial charge in [0.2, 0.25) is 0 Å². The van der Waals surface area contributed by atoms with E-state index < -0.39 is 0 Å². The average Bonchev–Trinajstić information content (AvgIpc) is 2.76. The predicted octanol–water partition coefficient (Wildman–Crippen LogP) is 1.59. The molecule has 2 aromatic rings. The van der Waals surface area contributed by atoms with E-state index in [4.69, 9.17) is 10.5 Å². The standard InChI is InChI=1S/C11H12FN3O/c12-9-3-1-2-4-10(9)16-7-11-14-6-8(5-13)15-11/h1-4,6H,5,7,13H2,(H,14,15). The van der Waals surface area contributed by atoms with Gasteiger partial charge in [0, 0.05) is 18.4 Å². The van der Waals surface area contributed by atoms with E-state index in [1.165, 1.54) is 6.07 Å².